The molecule has 0 unspecified atom stereocenters. The average Bonchev–Trinajstić information content (AvgIpc) is 3.15. The number of furan rings is 1. The molecule has 0 bridgehead atoms. The Morgan fingerprint density at radius 2 is 1.80 bits per heavy atom. The maximum absolute atomic E-state index is 13.6. The molecular formula is C21H21F3N4O2. The van der Waals surface area contributed by atoms with E-state index in [2.05, 4.69) is 15.3 Å². The van der Waals surface area contributed by atoms with E-state index in [9.17, 15) is 18.0 Å². The lowest BCUT2D eigenvalue weighted by atomic mass is 9.95. The summed E-state index contributed by atoms with van der Waals surface area (Å²) >= 11 is 0. The molecular weight excluding hydrogens is 397 g/mol. The summed E-state index contributed by atoms with van der Waals surface area (Å²) in [5.41, 5.74) is -0.373. The number of rotatable bonds is 4. The van der Waals surface area contributed by atoms with Gasteiger partial charge in [-0.2, -0.15) is 13.2 Å². The first-order valence-corrected chi connectivity index (χ1v) is 9.73. The molecule has 30 heavy (non-hydrogen) atoms. The van der Waals surface area contributed by atoms with Crippen LogP contribution in [0.5, 0.6) is 0 Å². The Balaban J connectivity index is 1.45. The zero-order valence-corrected chi connectivity index (χ0v) is 16.4. The van der Waals surface area contributed by atoms with Crippen molar-refractivity contribution in [1.82, 2.24) is 15.3 Å². The number of amides is 1. The van der Waals surface area contributed by atoms with Crippen molar-refractivity contribution in [3.63, 3.8) is 0 Å². The Labute approximate surface area is 171 Å². The van der Waals surface area contributed by atoms with Crippen molar-refractivity contribution in [3.05, 3.63) is 53.6 Å². The molecule has 1 aromatic carbocycles. The highest BCUT2D eigenvalue weighted by Gasteiger charge is 2.39. The summed E-state index contributed by atoms with van der Waals surface area (Å²) in [4.78, 5) is 22.1. The lowest BCUT2D eigenvalue weighted by molar-refractivity contribution is -0.140. The number of aryl methyl sites for hydroxylation is 1. The molecule has 2 aromatic heterocycles. The predicted molar refractivity (Wildman–Crippen MR) is 105 cm³/mol. The molecule has 0 radical (unpaired) electrons. The third-order valence-corrected chi connectivity index (χ3v) is 5.22. The van der Waals surface area contributed by atoms with Crippen molar-refractivity contribution >= 4 is 22.8 Å². The summed E-state index contributed by atoms with van der Waals surface area (Å²) in [5.74, 6) is 0.875. The molecule has 158 valence electrons. The van der Waals surface area contributed by atoms with E-state index in [1.54, 1.807) is 29.2 Å². The fourth-order valence-corrected chi connectivity index (χ4v) is 3.65. The Morgan fingerprint density at radius 1 is 1.13 bits per heavy atom. The molecule has 1 fully saturated rings. The molecule has 0 saturated carbocycles. The van der Waals surface area contributed by atoms with E-state index >= 15 is 0 Å². The molecule has 1 N–H and O–H groups in total. The van der Waals surface area contributed by atoms with Crippen LogP contribution in [-0.2, 0) is 17.5 Å². The summed E-state index contributed by atoms with van der Waals surface area (Å²) in [7, 11) is 0. The van der Waals surface area contributed by atoms with Gasteiger partial charge in [0, 0.05) is 19.0 Å². The van der Waals surface area contributed by atoms with E-state index in [1.807, 2.05) is 13.0 Å². The first-order valence-electron chi connectivity index (χ1n) is 9.73. The van der Waals surface area contributed by atoms with Gasteiger partial charge in [0.05, 0.1) is 17.6 Å². The van der Waals surface area contributed by atoms with Crippen LogP contribution in [0.15, 0.2) is 40.8 Å². The highest BCUT2D eigenvalue weighted by atomic mass is 19.4. The number of halogens is 3. The van der Waals surface area contributed by atoms with Gasteiger partial charge in [0.2, 0.25) is 5.91 Å². The van der Waals surface area contributed by atoms with Gasteiger partial charge in [0.15, 0.2) is 11.5 Å². The molecule has 9 heteroatoms. The first-order chi connectivity index (χ1) is 14.3. The largest absolute Gasteiger partial charge is 0.465 e. The van der Waals surface area contributed by atoms with Gasteiger partial charge in [-0.05, 0) is 44.0 Å². The number of carbonyl (C=O) groups excluding carboxylic acids is 1. The van der Waals surface area contributed by atoms with E-state index in [1.165, 1.54) is 6.07 Å². The van der Waals surface area contributed by atoms with Crippen LogP contribution in [0.25, 0.3) is 11.0 Å². The number of nitrogens with one attached hydrogen (secondary N) is 1. The number of para-hydroxylation sites is 2. The summed E-state index contributed by atoms with van der Waals surface area (Å²) in [6.45, 7) is 2.72. The van der Waals surface area contributed by atoms with Gasteiger partial charge in [-0.3, -0.25) is 4.79 Å². The first kappa shape index (κ1) is 20.2. The van der Waals surface area contributed by atoms with Crippen LogP contribution in [0, 0.1) is 12.8 Å². The number of hydrogen-bond acceptors (Lipinski definition) is 5. The Kier molecular flexibility index (Phi) is 5.36. The molecule has 6 nitrogen and oxygen atoms in total. The van der Waals surface area contributed by atoms with Crippen LogP contribution in [-0.4, -0.2) is 29.0 Å². The summed E-state index contributed by atoms with van der Waals surface area (Å²) in [6.07, 6.45) is -3.73. The van der Waals surface area contributed by atoms with Crippen LogP contribution in [0.1, 0.15) is 30.1 Å². The molecule has 1 saturated heterocycles. The van der Waals surface area contributed by atoms with Crippen molar-refractivity contribution in [2.24, 2.45) is 5.92 Å². The van der Waals surface area contributed by atoms with Crippen LogP contribution in [0.3, 0.4) is 0 Å². The van der Waals surface area contributed by atoms with Gasteiger partial charge in [-0.1, -0.05) is 12.1 Å². The summed E-state index contributed by atoms with van der Waals surface area (Å²) in [6, 6.07) is 10.1. The molecule has 3 heterocycles. The maximum atomic E-state index is 13.6. The van der Waals surface area contributed by atoms with Gasteiger partial charge in [-0.15, -0.1) is 0 Å². The van der Waals surface area contributed by atoms with Gasteiger partial charge < -0.3 is 14.6 Å². The molecule has 0 atom stereocenters. The van der Waals surface area contributed by atoms with Crippen LogP contribution in [0.2, 0.25) is 0 Å². The van der Waals surface area contributed by atoms with Crippen LogP contribution < -0.4 is 10.2 Å². The number of hydrogen-bond donors (Lipinski definition) is 1. The van der Waals surface area contributed by atoms with Gasteiger partial charge in [-0.25, -0.2) is 9.97 Å². The van der Waals surface area contributed by atoms with Crippen molar-refractivity contribution in [2.45, 2.75) is 32.5 Å². The Hall–Kier alpha value is -3.10. The Morgan fingerprint density at radius 3 is 2.40 bits per heavy atom. The van der Waals surface area contributed by atoms with E-state index < -0.39 is 11.9 Å². The third-order valence-electron chi connectivity index (χ3n) is 5.22. The van der Waals surface area contributed by atoms with Crippen LogP contribution in [0.4, 0.5) is 19.0 Å². The minimum atomic E-state index is -4.61. The number of carbonyl (C=O) groups is 1. The third kappa shape index (κ3) is 4.24. The second-order valence-electron chi connectivity index (χ2n) is 7.37. The van der Waals surface area contributed by atoms with Gasteiger partial charge in [0.25, 0.3) is 0 Å². The van der Waals surface area contributed by atoms with Crippen LogP contribution >= 0.6 is 0 Å². The smallest absolute Gasteiger partial charge is 0.437 e. The number of fused-ring (bicyclic) bond motifs is 1. The zero-order chi connectivity index (χ0) is 21.3. The second-order valence-corrected chi connectivity index (χ2v) is 7.37. The summed E-state index contributed by atoms with van der Waals surface area (Å²) < 4.78 is 46.2. The quantitative estimate of drug-likeness (QED) is 0.691. The lowest BCUT2D eigenvalue weighted by Gasteiger charge is -2.33. The molecule has 1 aliphatic heterocycles. The van der Waals surface area contributed by atoms with Crippen molar-refractivity contribution in [2.75, 3.05) is 18.0 Å². The fraction of sp³-hybridized carbons (Fsp3) is 0.381. The number of nitrogens with zero attached hydrogens (tertiary/aromatic N) is 3. The normalized spacial score (nSPS) is 15.5. The standard InChI is InChI=1S/C21H21F3N4O2/c1-13-6-7-15(30-13)12-25-20(29)14-8-10-28(11-9-14)19-18(21(22,23)24)26-16-4-2-3-5-17(16)27-19/h2-7,14H,8-12H2,1H3,(H,25,29). The Bertz CT molecular complexity index is 1060. The molecule has 1 amide bonds. The van der Waals surface area contributed by atoms with E-state index in [0.717, 1.165) is 5.76 Å². The van der Waals surface area contributed by atoms with E-state index in [-0.39, 0.29) is 23.2 Å². The van der Waals surface area contributed by atoms with Gasteiger partial charge >= 0.3 is 6.18 Å². The molecule has 1 aliphatic rings. The highest BCUT2D eigenvalue weighted by Crippen LogP contribution is 2.36. The van der Waals surface area contributed by atoms with Crippen molar-refractivity contribution < 1.29 is 22.4 Å². The molecule has 4 rings (SSSR count). The van der Waals surface area contributed by atoms with E-state index in [0.29, 0.717) is 43.8 Å². The molecule has 3 aromatic rings. The monoisotopic (exact) mass is 418 g/mol. The SMILES string of the molecule is Cc1ccc(CNC(=O)C2CCN(c3nc4ccccc4nc3C(F)(F)F)CC2)o1. The lowest BCUT2D eigenvalue weighted by Crippen LogP contribution is -2.41. The number of benzene rings is 1. The fourth-order valence-electron chi connectivity index (χ4n) is 3.65. The molecule has 0 spiro atoms. The van der Waals surface area contributed by atoms with Crippen molar-refractivity contribution in [3.8, 4) is 0 Å². The number of anilines is 1. The molecule has 0 aliphatic carbocycles. The minimum Gasteiger partial charge on any atom is -0.465 e. The minimum absolute atomic E-state index is 0.121. The highest BCUT2D eigenvalue weighted by molar-refractivity contribution is 5.79. The second kappa shape index (κ2) is 7.97. The van der Waals surface area contributed by atoms with E-state index in [4.69, 9.17) is 4.42 Å². The number of aromatic nitrogens is 2. The average molecular weight is 418 g/mol. The topological polar surface area (TPSA) is 71.3 Å². The zero-order valence-electron chi connectivity index (χ0n) is 16.4. The predicted octanol–water partition coefficient (Wildman–Crippen LogP) is 4.08. The number of alkyl halides is 3. The van der Waals surface area contributed by atoms with Crippen molar-refractivity contribution in [1.29, 1.82) is 0 Å². The maximum Gasteiger partial charge on any atom is 0.437 e. The van der Waals surface area contributed by atoms with Gasteiger partial charge in [0.1, 0.15) is 11.5 Å². The number of piperidine rings is 1. The summed E-state index contributed by atoms with van der Waals surface area (Å²) in [5, 5.41) is 2.84.